The number of halogens is 1. The molecule has 1 aromatic carbocycles. The lowest BCUT2D eigenvalue weighted by Crippen LogP contribution is -2.15. The highest BCUT2D eigenvalue weighted by Crippen LogP contribution is 2.20. The Morgan fingerprint density at radius 1 is 1.29 bits per heavy atom. The Labute approximate surface area is 126 Å². The van der Waals surface area contributed by atoms with E-state index in [-0.39, 0.29) is 22.2 Å². The molecular weight excluding hydrogens is 316 g/mol. The van der Waals surface area contributed by atoms with Crippen LogP contribution >= 0.6 is 11.6 Å². The summed E-state index contributed by atoms with van der Waals surface area (Å²) in [5.41, 5.74) is 0.568. The average molecular weight is 327 g/mol. The van der Waals surface area contributed by atoms with Crippen molar-refractivity contribution in [1.82, 2.24) is 4.98 Å². The molecule has 1 heterocycles. The summed E-state index contributed by atoms with van der Waals surface area (Å²) in [6, 6.07) is 8.77. The molecule has 2 rings (SSSR count). The second kappa shape index (κ2) is 6.11. The van der Waals surface area contributed by atoms with Gasteiger partial charge >= 0.3 is 5.97 Å². The molecule has 0 spiro atoms. The number of carbonyl (C=O) groups is 1. The van der Waals surface area contributed by atoms with Crippen molar-refractivity contribution in [3.63, 3.8) is 0 Å². The van der Waals surface area contributed by atoms with E-state index in [4.69, 9.17) is 16.7 Å². The van der Waals surface area contributed by atoms with Crippen LogP contribution in [0.4, 0.5) is 5.69 Å². The van der Waals surface area contributed by atoms with Crippen LogP contribution in [-0.4, -0.2) is 24.5 Å². The van der Waals surface area contributed by atoms with E-state index in [0.29, 0.717) is 5.56 Å². The number of aromatic nitrogens is 1. The van der Waals surface area contributed by atoms with Crippen LogP contribution in [0.25, 0.3) is 0 Å². The molecule has 0 atom stereocenters. The molecule has 8 heteroatoms. The van der Waals surface area contributed by atoms with E-state index < -0.39 is 16.0 Å². The van der Waals surface area contributed by atoms with Gasteiger partial charge in [-0.2, -0.15) is 0 Å². The Kier molecular flexibility index (Phi) is 4.44. The lowest BCUT2D eigenvalue weighted by Gasteiger charge is -2.09. The third-order valence-electron chi connectivity index (χ3n) is 2.56. The van der Waals surface area contributed by atoms with Gasteiger partial charge in [-0.3, -0.25) is 4.72 Å². The summed E-state index contributed by atoms with van der Waals surface area (Å²) in [6.45, 7) is 0. The molecule has 0 bridgehead atoms. The number of carboxylic acid groups (broad SMARTS) is 1. The van der Waals surface area contributed by atoms with Crippen LogP contribution in [-0.2, 0) is 15.8 Å². The number of hydrogen-bond acceptors (Lipinski definition) is 4. The van der Waals surface area contributed by atoms with Crippen molar-refractivity contribution in [1.29, 1.82) is 0 Å². The first kappa shape index (κ1) is 15.3. The topological polar surface area (TPSA) is 96.4 Å². The quantitative estimate of drug-likeness (QED) is 0.822. The molecule has 0 saturated heterocycles. The molecule has 1 aromatic heterocycles. The predicted molar refractivity (Wildman–Crippen MR) is 78.9 cm³/mol. The molecule has 0 amide bonds. The summed E-state index contributed by atoms with van der Waals surface area (Å²) in [5, 5.41) is 8.93. The highest BCUT2D eigenvalue weighted by Gasteiger charge is 2.15. The molecule has 0 unspecified atom stereocenters. The summed E-state index contributed by atoms with van der Waals surface area (Å²) < 4.78 is 26.4. The number of hydrogen-bond donors (Lipinski definition) is 2. The smallest absolute Gasteiger partial charge is 0.335 e. The van der Waals surface area contributed by atoms with Crippen LogP contribution in [0.2, 0.25) is 5.15 Å². The fourth-order valence-corrected chi connectivity index (χ4v) is 3.09. The van der Waals surface area contributed by atoms with Crippen molar-refractivity contribution < 1.29 is 18.3 Å². The second-order valence-corrected chi connectivity index (χ2v) is 6.29. The van der Waals surface area contributed by atoms with Gasteiger partial charge < -0.3 is 5.11 Å². The van der Waals surface area contributed by atoms with Crippen LogP contribution in [0.15, 0.2) is 42.6 Å². The molecule has 0 aliphatic rings. The summed E-state index contributed by atoms with van der Waals surface area (Å²) >= 11 is 5.78. The van der Waals surface area contributed by atoms with Crippen LogP contribution < -0.4 is 4.72 Å². The Morgan fingerprint density at radius 3 is 2.71 bits per heavy atom. The van der Waals surface area contributed by atoms with Crippen molar-refractivity contribution in [2.75, 3.05) is 4.72 Å². The molecule has 2 aromatic rings. The maximum Gasteiger partial charge on any atom is 0.335 e. The zero-order valence-electron chi connectivity index (χ0n) is 10.7. The Hall–Kier alpha value is -2.12. The van der Waals surface area contributed by atoms with Crippen LogP contribution in [0.5, 0.6) is 0 Å². The third kappa shape index (κ3) is 4.17. The molecule has 0 saturated carbocycles. The lowest BCUT2D eigenvalue weighted by molar-refractivity contribution is 0.0696. The van der Waals surface area contributed by atoms with E-state index in [1.807, 2.05) is 0 Å². The minimum absolute atomic E-state index is 0.0297. The molecule has 110 valence electrons. The van der Waals surface area contributed by atoms with Crippen molar-refractivity contribution in [2.24, 2.45) is 0 Å². The number of rotatable bonds is 5. The molecule has 0 radical (unpaired) electrons. The fraction of sp³-hybridized carbons (Fsp3) is 0.0769. The number of nitrogens with zero attached hydrogens (tertiary/aromatic N) is 1. The first-order valence-electron chi connectivity index (χ1n) is 5.80. The summed E-state index contributed by atoms with van der Waals surface area (Å²) in [4.78, 5) is 14.6. The molecule has 2 N–H and O–H groups in total. The van der Waals surface area contributed by atoms with Gasteiger partial charge in [-0.05, 0) is 29.8 Å². The number of aromatic carboxylic acids is 1. The third-order valence-corrected chi connectivity index (χ3v) is 4.10. The van der Waals surface area contributed by atoms with Gasteiger partial charge in [0.05, 0.1) is 17.0 Å². The van der Waals surface area contributed by atoms with E-state index in [1.165, 1.54) is 36.5 Å². The molecular formula is C13H11ClN2O4S. The van der Waals surface area contributed by atoms with Gasteiger partial charge in [0.15, 0.2) is 5.15 Å². The van der Waals surface area contributed by atoms with Crippen molar-refractivity contribution in [2.45, 2.75) is 5.75 Å². The normalized spacial score (nSPS) is 11.1. The Morgan fingerprint density at radius 2 is 2.05 bits per heavy atom. The summed E-state index contributed by atoms with van der Waals surface area (Å²) in [6.07, 6.45) is 1.44. The average Bonchev–Trinajstić information content (AvgIpc) is 2.41. The number of nitrogens with one attached hydrogen (secondary N) is 1. The molecule has 0 fully saturated rings. The van der Waals surface area contributed by atoms with Gasteiger partial charge in [0.1, 0.15) is 0 Å². The van der Waals surface area contributed by atoms with Crippen LogP contribution in [0.1, 0.15) is 15.9 Å². The van der Waals surface area contributed by atoms with Gasteiger partial charge in [-0.25, -0.2) is 18.2 Å². The largest absolute Gasteiger partial charge is 0.478 e. The number of sulfonamides is 1. The molecule has 0 aliphatic heterocycles. The minimum atomic E-state index is -3.72. The summed E-state index contributed by atoms with van der Waals surface area (Å²) in [5.74, 6) is -1.48. The van der Waals surface area contributed by atoms with Gasteiger partial charge in [-0.1, -0.05) is 23.7 Å². The van der Waals surface area contributed by atoms with Crippen LogP contribution in [0, 0.1) is 0 Å². The maximum absolute atomic E-state index is 12.1. The van der Waals surface area contributed by atoms with E-state index in [1.54, 1.807) is 6.07 Å². The number of carboxylic acids is 1. The summed E-state index contributed by atoms with van der Waals surface area (Å²) in [7, 11) is -3.72. The zero-order chi connectivity index (χ0) is 15.5. The monoisotopic (exact) mass is 326 g/mol. The van der Waals surface area contributed by atoms with Gasteiger partial charge in [0, 0.05) is 6.20 Å². The number of pyridine rings is 1. The second-order valence-electron chi connectivity index (χ2n) is 4.21. The standard InChI is InChI=1S/C13H11ClN2O4S/c14-12-11(5-2-6-15-12)16-21(19,20)8-9-3-1-4-10(7-9)13(17)18/h1-7,16H,8H2,(H,17,18). The van der Waals surface area contributed by atoms with Crippen molar-refractivity contribution in [3.05, 3.63) is 58.9 Å². The van der Waals surface area contributed by atoms with Crippen molar-refractivity contribution in [3.8, 4) is 0 Å². The van der Waals surface area contributed by atoms with Gasteiger partial charge in [-0.15, -0.1) is 0 Å². The maximum atomic E-state index is 12.1. The molecule has 21 heavy (non-hydrogen) atoms. The van der Waals surface area contributed by atoms with Crippen molar-refractivity contribution >= 4 is 33.3 Å². The lowest BCUT2D eigenvalue weighted by atomic mass is 10.1. The van der Waals surface area contributed by atoms with E-state index >= 15 is 0 Å². The first-order chi connectivity index (χ1) is 9.87. The van der Waals surface area contributed by atoms with E-state index in [9.17, 15) is 13.2 Å². The molecule has 0 aliphatic carbocycles. The van der Waals surface area contributed by atoms with E-state index in [0.717, 1.165) is 0 Å². The van der Waals surface area contributed by atoms with Gasteiger partial charge in [0.25, 0.3) is 0 Å². The predicted octanol–water partition coefficient (Wildman–Crippen LogP) is 2.38. The fourth-order valence-electron chi connectivity index (χ4n) is 1.68. The van der Waals surface area contributed by atoms with Crippen LogP contribution in [0.3, 0.4) is 0 Å². The number of benzene rings is 1. The first-order valence-corrected chi connectivity index (χ1v) is 7.84. The minimum Gasteiger partial charge on any atom is -0.478 e. The Bertz CT molecular complexity index is 777. The zero-order valence-corrected chi connectivity index (χ0v) is 12.2. The molecule has 6 nitrogen and oxygen atoms in total. The van der Waals surface area contributed by atoms with Gasteiger partial charge in [0.2, 0.25) is 10.0 Å². The Balaban J connectivity index is 2.20. The highest BCUT2D eigenvalue weighted by atomic mass is 35.5. The number of anilines is 1. The van der Waals surface area contributed by atoms with E-state index in [2.05, 4.69) is 9.71 Å². The SMILES string of the molecule is O=C(O)c1cccc(CS(=O)(=O)Nc2cccnc2Cl)c1. The highest BCUT2D eigenvalue weighted by molar-refractivity contribution is 7.91.